The highest BCUT2D eigenvalue weighted by Crippen LogP contribution is 2.26. The first-order valence-electron chi connectivity index (χ1n) is 6.04. The van der Waals surface area contributed by atoms with Gasteiger partial charge in [0.1, 0.15) is 0 Å². The summed E-state index contributed by atoms with van der Waals surface area (Å²) in [5, 5.41) is 2.96. The Morgan fingerprint density at radius 1 is 0.900 bits per heavy atom. The summed E-state index contributed by atoms with van der Waals surface area (Å²) in [6, 6.07) is 9.14. The number of hydrogen-bond donors (Lipinski definition) is 1. The van der Waals surface area contributed by atoms with Crippen LogP contribution in [0.2, 0.25) is 0 Å². The van der Waals surface area contributed by atoms with Crippen molar-refractivity contribution in [2.24, 2.45) is 0 Å². The van der Waals surface area contributed by atoms with Crippen molar-refractivity contribution in [3.8, 4) is 0 Å². The first-order chi connectivity index (χ1) is 9.60. The third-order valence-corrected chi connectivity index (χ3v) is 3.01. The minimum absolute atomic E-state index is 0.0615. The van der Waals surface area contributed by atoms with Crippen LogP contribution >= 0.6 is 0 Å². The molecule has 1 aliphatic rings. The number of para-hydroxylation sites is 1. The average molecular weight is 273 g/mol. The van der Waals surface area contributed by atoms with Gasteiger partial charge in [0, 0.05) is 11.3 Å². The zero-order valence-electron chi connectivity index (χ0n) is 11.5. The third-order valence-electron chi connectivity index (χ3n) is 3.01. The lowest BCUT2D eigenvalue weighted by Crippen LogP contribution is -2.28. The van der Waals surface area contributed by atoms with Crippen LogP contribution < -0.4 is 5.32 Å². The van der Waals surface area contributed by atoms with Gasteiger partial charge in [-0.25, -0.2) is 0 Å². The van der Waals surface area contributed by atoms with E-state index in [0.717, 1.165) is 5.69 Å². The van der Waals surface area contributed by atoms with Crippen LogP contribution in [-0.4, -0.2) is 25.8 Å². The lowest BCUT2D eigenvalue weighted by molar-refractivity contribution is -0.121. The Hall–Kier alpha value is -2.56. The second-order valence-corrected chi connectivity index (χ2v) is 4.22. The topological polar surface area (TPSA) is 64.6 Å². The molecule has 0 unspecified atom stereocenters. The zero-order chi connectivity index (χ0) is 14.7. The van der Waals surface area contributed by atoms with Gasteiger partial charge in [-0.15, -0.1) is 0 Å². The van der Waals surface area contributed by atoms with E-state index in [2.05, 4.69) is 5.32 Å². The molecule has 1 aromatic rings. The Kier molecular flexibility index (Phi) is 3.89. The second-order valence-electron chi connectivity index (χ2n) is 4.22. The molecular weight excluding hydrogens is 258 g/mol. The molecule has 5 heteroatoms. The second kappa shape index (κ2) is 5.61. The Morgan fingerprint density at radius 3 is 2.00 bits per heavy atom. The van der Waals surface area contributed by atoms with Crippen LogP contribution in [0.4, 0.5) is 5.69 Å². The van der Waals surface area contributed by atoms with Crippen LogP contribution in [0.25, 0.3) is 0 Å². The van der Waals surface area contributed by atoms with Gasteiger partial charge in [0.25, 0.3) is 0 Å². The monoisotopic (exact) mass is 273 g/mol. The molecule has 0 bridgehead atoms. The average Bonchev–Trinajstić information content (AvgIpc) is 2.48. The highest BCUT2D eigenvalue weighted by molar-refractivity contribution is 6.24. The summed E-state index contributed by atoms with van der Waals surface area (Å²) in [5.41, 5.74) is 1.23. The van der Waals surface area contributed by atoms with Crippen molar-refractivity contribution in [2.75, 3.05) is 19.5 Å². The maximum absolute atomic E-state index is 12.4. The number of allylic oxidation sites excluding steroid dienone is 1. The molecule has 2 rings (SSSR count). The number of nitrogens with one attached hydrogen (secondary N) is 1. The number of benzene rings is 1. The first-order valence-corrected chi connectivity index (χ1v) is 6.04. The van der Waals surface area contributed by atoms with Gasteiger partial charge in [-0.2, -0.15) is 0 Å². The molecule has 1 aromatic carbocycles. The summed E-state index contributed by atoms with van der Waals surface area (Å²) in [5.74, 6) is -0.900. The maximum Gasteiger partial charge on any atom is 0.248 e. The van der Waals surface area contributed by atoms with Gasteiger partial charge < -0.3 is 14.8 Å². The van der Waals surface area contributed by atoms with E-state index in [4.69, 9.17) is 9.47 Å². The number of rotatable bonds is 4. The van der Waals surface area contributed by atoms with E-state index in [0.29, 0.717) is 5.57 Å². The van der Waals surface area contributed by atoms with Crippen molar-refractivity contribution in [2.45, 2.75) is 6.92 Å². The van der Waals surface area contributed by atoms with Crippen LogP contribution in [0, 0.1) is 0 Å². The third kappa shape index (κ3) is 2.30. The van der Waals surface area contributed by atoms with Crippen molar-refractivity contribution >= 4 is 17.3 Å². The number of carbonyl (C=O) groups excluding carboxylic acids is 2. The summed E-state index contributed by atoms with van der Waals surface area (Å²) in [4.78, 5) is 24.5. The van der Waals surface area contributed by atoms with E-state index in [9.17, 15) is 9.59 Å². The Balaban J connectivity index is 2.41. The first kappa shape index (κ1) is 13.9. The molecule has 20 heavy (non-hydrogen) atoms. The lowest BCUT2D eigenvalue weighted by atomic mass is 9.98. The van der Waals surface area contributed by atoms with Crippen LogP contribution in [-0.2, 0) is 19.1 Å². The summed E-state index contributed by atoms with van der Waals surface area (Å²) in [6.45, 7) is 1.58. The van der Waals surface area contributed by atoms with Crippen LogP contribution in [0.5, 0.6) is 0 Å². The van der Waals surface area contributed by atoms with E-state index < -0.39 is 5.78 Å². The molecule has 104 valence electrons. The number of ether oxygens (including phenoxy) is 2. The summed E-state index contributed by atoms with van der Waals surface area (Å²) < 4.78 is 9.97. The van der Waals surface area contributed by atoms with Gasteiger partial charge in [-0.3, -0.25) is 9.59 Å². The molecule has 0 heterocycles. The smallest absolute Gasteiger partial charge is 0.248 e. The number of ketones is 2. The quantitative estimate of drug-likeness (QED) is 0.850. The van der Waals surface area contributed by atoms with E-state index in [1.165, 1.54) is 14.2 Å². The fourth-order valence-electron chi connectivity index (χ4n) is 1.96. The molecule has 0 fully saturated rings. The van der Waals surface area contributed by atoms with Crippen molar-refractivity contribution in [1.82, 2.24) is 0 Å². The molecule has 1 aliphatic carbocycles. The molecule has 0 saturated carbocycles. The number of carbonyl (C=O) groups is 2. The largest absolute Gasteiger partial charge is 0.489 e. The minimum Gasteiger partial charge on any atom is -0.489 e. The molecule has 0 saturated heterocycles. The fraction of sp³-hybridized carbons (Fsp3) is 0.200. The maximum atomic E-state index is 12.4. The number of anilines is 1. The van der Waals surface area contributed by atoms with Gasteiger partial charge in [0.2, 0.25) is 23.1 Å². The molecule has 0 spiro atoms. The Morgan fingerprint density at radius 2 is 1.45 bits per heavy atom. The molecule has 0 atom stereocenters. The van der Waals surface area contributed by atoms with Gasteiger partial charge in [-0.05, 0) is 19.1 Å². The molecule has 1 N–H and O–H groups in total. The zero-order valence-corrected chi connectivity index (χ0v) is 11.5. The molecule has 0 aliphatic heterocycles. The van der Waals surface area contributed by atoms with Gasteiger partial charge in [0.05, 0.1) is 19.9 Å². The van der Waals surface area contributed by atoms with Crippen LogP contribution in [0.1, 0.15) is 6.92 Å². The van der Waals surface area contributed by atoms with E-state index in [1.807, 2.05) is 18.2 Å². The Labute approximate surface area is 116 Å². The van der Waals surface area contributed by atoms with Crippen molar-refractivity contribution in [1.29, 1.82) is 0 Å². The number of Topliss-reactive ketones (excluding diaryl/α,β-unsaturated/α-hetero) is 2. The SMILES string of the molecule is COC1=C(OC)C(=O)C(Nc2ccccc2)=C(C)C1=O. The highest BCUT2D eigenvalue weighted by Gasteiger charge is 2.34. The number of hydrogen-bond acceptors (Lipinski definition) is 5. The molecular formula is C15H15NO4. The predicted molar refractivity (Wildman–Crippen MR) is 73.8 cm³/mol. The van der Waals surface area contributed by atoms with E-state index in [-0.39, 0.29) is 23.0 Å². The Bertz CT molecular complexity index is 614. The van der Waals surface area contributed by atoms with Crippen LogP contribution in [0.3, 0.4) is 0 Å². The molecule has 5 nitrogen and oxygen atoms in total. The van der Waals surface area contributed by atoms with E-state index in [1.54, 1.807) is 19.1 Å². The van der Waals surface area contributed by atoms with Crippen molar-refractivity contribution < 1.29 is 19.1 Å². The van der Waals surface area contributed by atoms with Crippen LogP contribution in [0.15, 0.2) is 53.1 Å². The molecule has 0 amide bonds. The molecule has 0 radical (unpaired) electrons. The lowest BCUT2D eigenvalue weighted by Gasteiger charge is -2.21. The molecule has 0 aromatic heterocycles. The standard InChI is InChI=1S/C15H15NO4/c1-9-11(16-10-7-5-4-6-8-10)13(18)15(20-3)14(19-2)12(9)17/h4-8,16H,1-3H3. The number of methoxy groups -OCH3 is 2. The predicted octanol–water partition coefficient (Wildman–Crippen LogP) is 2.03. The summed E-state index contributed by atoms with van der Waals surface area (Å²) in [7, 11) is 2.67. The van der Waals surface area contributed by atoms with Gasteiger partial charge in [-0.1, -0.05) is 18.2 Å². The highest BCUT2D eigenvalue weighted by atomic mass is 16.5. The van der Waals surface area contributed by atoms with Gasteiger partial charge in [0.15, 0.2) is 0 Å². The summed E-state index contributed by atoms with van der Waals surface area (Å²) >= 11 is 0. The van der Waals surface area contributed by atoms with Gasteiger partial charge >= 0.3 is 0 Å². The summed E-state index contributed by atoms with van der Waals surface area (Å²) in [6.07, 6.45) is 0. The fourth-order valence-corrected chi connectivity index (χ4v) is 1.96. The van der Waals surface area contributed by atoms with E-state index >= 15 is 0 Å². The normalized spacial score (nSPS) is 15.6. The van der Waals surface area contributed by atoms with Crippen molar-refractivity contribution in [3.05, 3.63) is 53.1 Å². The minimum atomic E-state index is -0.398. The van der Waals surface area contributed by atoms with Crippen molar-refractivity contribution in [3.63, 3.8) is 0 Å².